The summed E-state index contributed by atoms with van der Waals surface area (Å²) in [5, 5.41) is 0. The molecule has 0 saturated carbocycles. The van der Waals surface area contributed by atoms with Gasteiger partial charge in [-0.05, 0) is 238 Å². The molecule has 96 heavy (non-hydrogen) atoms. The van der Waals surface area contributed by atoms with Crippen LogP contribution in [0.4, 0.5) is 34.1 Å². The van der Waals surface area contributed by atoms with Gasteiger partial charge in [0.25, 0.3) is 0 Å². The van der Waals surface area contributed by atoms with Gasteiger partial charge in [0.05, 0.1) is 5.41 Å². The van der Waals surface area contributed by atoms with Crippen LogP contribution in [0.5, 0.6) is 0 Å². The van der Waals surface area contributed by atoms with Crippen LogP contribution in [0.1, 0.15) is 238 Å². The molecule has 10 aromatic rings. The quantitative estimate of drug-likeness (QED) is 0.0365. The molecule has 0 heterocycles. The topological polar surface area (TPSA) is 6.48 Å². The number of aryl methyl sites for hydroxylation is 4. The first kappa shape index (κ1) is 67.8. The van der Waals surface area contributed by atoms with Gasteiger partial charge in [-0.1, -0.05) is 290 Å². The van der Waals surface area contributed by atoms with E-state index in [-0.39, 0.29) is 5.41 Å². The SMILES string of the molecule is CCCCCCCCC1(CCCCCCCC)c2ccccc2-c2ccc(-c3ccc4c(c3)C(c3ccc(N(c5ccc(CCCC)cc5)c5ccc(CCCC)cc5)cc3)(c3ccc(N(c5ccc(CCCC)cc5)c5ccc(CCCC)cc5)cc3)c3ccccc3-4)cc21. The highest BCUT2D eigenvalue weighted by atomic mass is 15.1. The summed E-state index contributed by atoms with van der Waals surface area (Å²) in [5.41, 5.74) is 28.3. The first-order valence-corrected chi connectivity index (χ1v) is 38.0. The van der Waals surface area contributed by atoms with Crippen molar-refractivity contribution in [1.82, 2.24) is 0 Å². The van der Waals surface area contributed by atoms with E-state index >= 15 is 0 Å². The van der Waals surface area contributed by atoms with E-state index in [4.69, 9.17) is 0 Å². The highest BCUT2D eigenvalue weighted by molar-refractivity contribution is 5.91. The molecule has 0 amide bonds. The van der Waals surface area contributed by atoms with E-state index in [0.29, 0.717) is 0 Å². The Balaban J connectivity index is 1.02. The minimum absolute atomic E-state index is 0.0121. The van der Waals surface area contributed by atoms with Crippen molar-refractivity contribution in [3.8, 4) is 33.4 Å². The molecule has 0 bridgehead atoms. The van der Waals surface area contributed by atoms with E-state index in [1.165, 1.54) is 242 Å². The molecule has 0 radical (unpaired) electrons. The Bertz CT molecular complexity index is 3790. The third-order valence-electron chi connectivity index (χ3n) is 21.7. The summed E-state index contributed by atoms with van der Waals surface area (Å²) in [5.74, 6) is 0. The molecule has 0 atom stereocenters. The summed E-state index contributed by atoms with van der Waals surface area (Å²) in [6.45, 7) is 13.8. The molecule has 0 aromatic heterocycles. The smallest absolute Gasteiger partial charge is 0.0713 e. The van der Waals surface area contributed by atoms with Crippen LogP contribution in [0.3, 0.4) is 0 Å². The summed E-state index contributed by atoms with van der Waals surface area (Å²) in [6, 6.07) is 91.1. The van der Waals surface area contributed by atoms with Crippen LogP contribution >= 0.6 is 0 Å². The molecule has 2 heteroatoms. The highest BCUT2D eigenvalue weighted by Gasteiger charge is 2.47. The van der Waals surface area contributed by atoms with Crippen molar-refractivity contribution in [2.75, 3.05) is 9.80 Å². The third-order valence-corrected chi connectivity index (χ3v) is 21.7. The molecule has 2 nitrogen and oxygen atoms in total. The molecule has 2 aliphatic rings. The van der Waals surface area contributed by atoms with Gasteiger partial charge in [0, 0.05) is 39.5 Å². The summed E-state index contributed by atoms with van der Waals surface area (Å²) < 4.78 is 0. The third kappa shape index (κ3) is 14.6. The van der Waals surface area contributed by atoms with Gasteiger partial charge in [0.15, 0.2) is 0 Å². The van der Waals surface area contributed by atoms with E-state index in [1.54, 1.807) is 11.1 Å². The maximum absolute atomic E-state index is 2.67. The summed E-state index contributed by atoms with van der Waals surface area (Å²) >= 11 is 0. The van der Waals surface area contributed by atoms with E-state index in [2.05, 4.69) is 282 Å². The Hall–Kier alpha value is -8.20. The molecule has 0 aliphatic heterocycles. The van der Waals surface area contributed by atoms with E-state index in [0.717, 1.165) is 37.1 Å². The van der Waals surface area contributed by atoms with Gasteiger partial charge in [-0.2, -0.15) is 0 Å². The number of benzene rings is 10. The monoisotopic (exact) mass is 1260 g/mol. The lowest BCUT2D eigenvalue weighted by atomic mass is 9.67. The summed E-state index contributed by atoms with van der Waals surface area (Å²) in [6.07, 6.45) is 32.1. The number of hydrogen-bond acceptors (Lipinski definition) is 2. The van der Waals surface area contributed by atoms with Crippen LogP contribution in [-0.4, -0.2) is 0 Å². The zero-order valence-corrected chi connectivity index (χ0v) is 59.2. The normalized spacial score (nSPS) is 13.1. The molecule has 0 unspecified atom stereocenters. The Labute approximate surface area is 579 Å². The molecule has 0 saturated heterocycles. The van der Waals surface area contributed by atoms with Crippen molar-refractivity contribution in [1.29, 1.82) is 0 Å². The lowest BCUT2D eigenvalue weighted by molar-refractivity contribution is 0.398. The minimum Gasteiger partial charge on any atom is -0.311 e. The number of nitrogens with zero attached hydrogens (tertiary/aromatic N) is 2. The molecule has 0 spiro atoms. The standard InChI is InChI=1S/C94H108N2/c1-7-13-19-21-23-29-67-93(68-30-24-22-20-14-8-2)89-37-27-25-35-85(89)87-65-47-75(69-91(87)93)76-48-66-88-86-36-26-28-38-90(86)94(92(88)70-76,77-49-61-83(62-50-77)95(79-53-39-71(40-54-79)31-15-9-3)80-55-41-72(42-56-80)32-16-10-4)78-51-63-84(64-52-78)96(81-57-43-73(44-58-81)33-17-11-5)82-59-45-74(46-60-82)34-18-12-6/h25-28,35-66,69-70H,7-24,29-34,67-68H2,1-6H3. The average molecular weight is 1270 g/mol. The summed E-state index contributed by atoms with van der Waals surface area (Å²) in [4.78, 5) is 4.94. The zero-order chi connectivity index (χ0) is 66.1. The van der Waals surface area contributed by atoms with Crippen molar-refractivity contribution in [2.24, 2.45) is 0 Å². The van der Waals surface area contributed by atoms with E-state index < -0.39 is 5.41 Å². The van der Waals surface area contributed by atoms with Crippen molar-refractivity contribution in [3.63, 3.8) is 0 Å². The van der Waals surface area contributed by atoms with Gasteiger partial charge in [-0.15, -0.1) is 0 Å². The average Bonchev–Trinajstić information content (AvgIpc) is 1.53. The molecule has 494 valence electrons. The van der Waals surface area contributed by atoms with Gasteiger partial charge in [-0.3, -0.25) is 0 Å². The zero-order valence-electron chi connectivity index (χ0n) is 59.2. The lowest BCUT2D eigenvalue weighted by Crippen LogP contribution is -2.29. The van der Waals surface area contributed by atoms with Gasteiger partial charge in [-0.25, -0.2) is 0 Å². The van der Waals surface area contributed by atoms with Crippen LogP contribution in [0, 0.1) is 0 Å². The maximum Gasteiger partial charge on any atom is 0.0713 e. The number of rotatable bonds is 35. The predicted octanol–water partition coefficient (Wildman–Crippen LogP) is 27.8. The molecular weight excluding hydrogens is 1160 g/mol. The van der Waals surface area contributed by atoms with Crippen molar-refractivity contribution >= 4 is 34.1 Å². The van der Waals surface area contributed by atoms with Gasteiger partial charge in [0.2, 0.25) is 0 Å². The Morgan fingerprint density at radius 2 is 0.531 bits per heavy atom. The number of hydrogen-bond donors (Lipinski definition) is 0. The fourth-order valence-corrected chi connectivity index (χ4v) is 16.3. The van der Waals surface area contributed by atoms with Crippen LogP contribution in [-0.2, 0) is 36.5 Å². The largest absolute Gasteiger partial charge is 0.311 e. The first-order valence-electron chi connectivity index (χ1n) is 38.0. The van der Waals surface area contributed by atoms with Crippen molar-refractivity contribution in [2.45, 2.75) is 219 Å². The predicted molar refractivity (Wildman–Crippen MR) is 415 cm³/mol. The van der Waals surface area contributed by atoms with E-state index in [9.17, 15) is 0 Å². The first-order chi connectivity index (χ1) is 47.3. The summed E-state index contributed by atoms with van der Waals surface area (Å²) in [7, 11) is 0. The Morgan fingerprint density at radius 3 is 0.906 bits per heavy atom. The van der Waals surface area contributed by atoms with Crippen LogP contribution in [0.2, 0.25) is 0 Å². The molecule has 2 aliphatic carbocycles. The maximum atomic E-state index is 2.67. The second kappa shape index (κ2) is 32.7. The van der Waals surface area contributed by atoms with Gasteiger partial charge >= 0.3 is 0 Å². The van der Waals surface area contributed by atoms with Gasteiger partial charge < -0.3 is 9.80 Å². The van der Waals surface area contributed by atoms with Gasteiger partial charge in [0.1, 0.15) is 0 Å². The fourth-order valence-electron chi connectivity index (χ4n) is 16.3. The molecule has 0 fully saturated rings. The molecule has 0 N–H and O–H groups in total. The Morgan fingerprint density at radius 1 is 0.240 bits per heavy atom. The van der Waals surface area contributed by atoms with Crippen LogP contribution in [0.25, 0.3) is 33.4 Å². The van der Waals surface area contributed by atoms with Crippen LogP contribution < -0.4 is 9.80 Å². The van der Waals surface area contributed by atoms with Crippen molar-refractivity contribution < 1.29 is 0 Å². The van der Waals surface area contributed by atoms with E-state index in [1.807, 2.05) is 0 Å². The highest BCUT2D eigenvalue weighted by Crippen LogP contribution is 2.59. The number of unbranched alkanes of at least 4 members (excludes halogenated alkanes) is 14. The molecular formula is C94H108N2. The minimum atomic E-state index is -0.662. The molecule has 12 rings (SSSR count). The second-order valence-corrected chi connectivity index (χ2v) is 28.3. The Kier molecular flexibility index (Phi) is 23.1. The lowest BCUT2D eigenvalue weighted by Gasteiger charge is -2.35. The molecule has 10 aromatic carbocycles. The fraction of sp³-hybridized carbons (Fsp3) is 0.362. The second-order valence-electron chi connectivity index (χ2n) is 28.3. The van der Waals surface area contributed by atoms with Crippen LogP contribution in [0.15, 0.2) is 231 Å². The number of anilines is 6. The number of fused-ring (bicyclic) bond motifs is 6. The van der Waals surface area contributed by atoms with Crippen molar-refractivity contribution in [3.05, 3.63) is 286 Å².